The van der Waals surface area contributed by atoms with Gasteiger partial charge in [-0.3, -0.25) is 4.79 Å². The van der Waals surface area contributed by atoms with Crippen LogP contribution in [-0.2, 0) is 20.9 Å². The number of carbonyl (C=O) groups is 2. The van der Waals surface area contributed by atoms with Crippen molar-refractivity contribution in [3.63, 3.8) is 0 Å². The number of aromatic nitrogens is 2. The van der Waals surface area contributed by atoms with Gasteiger partial charge in [0.25, 0.3) is 15.9 Å². The molecule has 0 saturated heterocycles. The summed E-state index contributed by atoms with van der Waals surface area (Å²) in [6.07, 6.45) is -4.80. The zero-order valence-corrected chi connectivity index (χ0v) is 21.3. The van der Waals surface area contributed by atoms with Crippen LogP contribution in [0.5, 0.6) is 0 Å². The second kappa shape index (κ2) is 9.61. The molecule has 0 unspecified atom stereocenters. The Balaban J connectivity index is 2.39. The predicted octanol–water partition coefficient (Wildman–Crippen LogP) is 5.13. The van der Waals surface area contributed by atoms with Gasteiger partial charge in [0.05, 0.1) is 11.1 Å². The van der Waals surface area contributed by atoms with Gasteiger partial charge in [-0.05, 0) is 59.7 Å². The number of nitrogens with one attached hydrogen (secondary N) is 1. The third-order valence-corrected chi connectivity index (χ3v) is 6.27. The molecule has 0 bridgehead atoms. The van der Waals surface area contributed by atoms with Gasteiger partial charge in [-0.25, -0.2) is 14.8 Å². The molecule has 0 aliphatic carbocycles. The van der Waals surface area contributed by atoms with Gasteiger partial charge in [-0.2, -0.15) is 25.9 Å². The molecule has 2 amide bonds. The summed E-state index contributed by atoms with van der Waals surface area (Å²) < 4.78 is 70.7. The van der Waals surface area contributed by atoms with E-state index in [1.807, 2.05) is 0 Å². The highest BCUT2D eigenvalue weighted by Gasteiger charge is 2.42. The molecular weight excluding hydrogens is 513 g/mol. The number of carbonyl (C=O) groups excluding carboxylic acids is 2. The molecule has 9 nitrogen and oxygen atoms in total. The number of amides is 2. The second-order valence-corrected chi connectivity index (χ2v) is 11.4. The minimum Gasteiger partial charge on any atom is -0.443 e. The quantitative estimate of drug-likeness (QED) is 0.538. The highest BCUT2D eigenvalue weighted by molar-refractivity contribution is 7.89. The van der Waals surface area contributed by atoms with Gasteiger partial charge in [0.1, 0.15) is 16.4 Å². The molecule has 0 fully saturated rings. The lowest BCUT2D eigenvalue weighted by molar-refractivity contribution is -0.141. The number of hydrogen-bond donors (Lipinski definition) is 1. The van der Waals surface area contributed by atoms with Crippen molar-refractivity contribution in [3.05, 3.63) is 46.9 Å². The fourth-order valence-corrected chi connectivity index (χ4v) is 4.57. The SMILES string of the molecule is CC(C)(C)OC(=O)N(C(C)(C)C)S(=O)(=O)c1cc(NC(=O)c2ccc(C(F)(F)F)nc2Cl)ccn1. The summed E-state index contributed by atoms with van der Waals surface area (Å²) in [5.41, 5.74) is -3.93. The highest BCUT2D eigenvalue weighted by atomic mass is 35.5. The fourth-order valence-electron chi connectivity index (χ4n) is 2.72. The Morgan fingerprint density at radius 1 is 1.06 bits per heavy atom. The van der Waals surface area contributed by atoms with Crippen LogP contribution in [0.3, 0.4) is 0 Å². The lowest BCUT2D eigenvalue weighted by Crippen LogP contribution is -2.51. The van der Waals surface area contributed by atoms with Gasteiger partial charge in [0.15, 0.2) is 5.03 Å². The maximum atomic E-state index is 13.3. The molecule has 192 valence electrons. The van der Waals surface area contributed by atoms with E-state index in [0.29, 0.717) is 10.4 Å². The third-order valence-electron chi connectivity index (χ3n) is 4.05. The molecule has 0 radical (unpaired) electrons. The van der Waals surface area contributed by atoms with Gasteiger partial charge < -0.3 is 10.1 Å². The number of sulfonamides is 1. The van der Waals surface area contributed by atoms with E-state index < -0.39 is 55.2 Å². The van der Waals surface area contributed by atoms with E-state index in [1.54, 1.807) is 20.8 Å². The van der Waals surface area contributed by atoms with E-state index >= 15 is 0 Å². The maximum absolute atomic E-state index is 13.3. The summed E-state index contributed by atoms with van der Waals surface area (Å²) in [5, 5.41) is 1.06. The molecule has 2 heterocycles. The van der Waals surface area contributed by atoms with Crippen molar-refractivity contribution in [2.45, 2.75) is 63.9 Å². The van der Waals surface area contributed by atoms with Crippen LogP contribution >= 0.6 is 11.6 Å². The van der Waals surface area contributed by atoms with E-state index in [1.165, 1.54) is 26.8 Å². The summed E-state index contributed by atoms with van der Waals surface area (Å²) in [4.78, 5) is 32.3. The largest absolute Gasteiger partial charge is 0.443 e. The van der Waals surface area contributed by atoms with Crippen molar-refractivity contribution in [2.24, 2.45) is 0 Å². The standard InChI is InChI=1S/C21H24ClF3N4O5S/c1-19(2,3)29(18(31)34-20(4,5)6)35(32,33)15-11-12(9-10-26-15)27-17(30)13-7-8-14(21(23,24)25)28-16(13)22/h7-11H,1-6H3,(H,26,27,30). The van der Waals surface area contributed by atoms with Gasteiger partial charge in [0, 0.05) is 18.0 Å². The first-order valence-electron chi connectivity index (χ1n) is 10.0. The smallest absolute Gasteiger partial charge is 0.433 e. The Morgan fingerprint density at radius 3 is 2.14 bits per heavy atom. The van der Waals surface area contributed by atoms with Gasteiger partial charge in [-0.1, -0.05) is 11.6 Å². The number of halogens is 4. The Kier molecular flexibility index (Phi) is 7.77. The van der Waals surface area contributed by atoms with Gasteiger partial charge in [0.2, 0.25) is 0 Å². The molecule has 2 aromatic rings. The second-order valence-electron chi connectivity index (χ2n) is 9.29. The molecule has 0 saturated carbocycles. The maximum Gasteiger partial charge on any atom is 0.433 e. The summed E-state index contributed by atoms with van der Waals surface area (Å²) in [5.74, 6) is -0.939. The van der Waals surface area contributed by atoms with Crippen LogP contribution < -0.4 is 5.32 Å². The number of anilines is 1. The van der Waals surface area contributed by atoms with Crippen LogP contribution in [0.25, 0.3) is 0 Å². The summed E-state index contributed by atoms with van der Waals surface area (Å²) >= 11 is 5.74. The number of pyridine rings is 2. The van der Waals surface area contributed by atoms with E-state index in [2.05, 4.69) is 15.3 Å². The normalized spacial score (nSPS) is 12.7. The minimum absolute atomic E-state index is 0.0717. The number of nitrogens with zero attached hydrogens (tertiary/aromatic N) is 3. The molecule has 0 aliphatic rings. The lowest BCUT2D eigenvalue weighted by Gasteiger charge is -2.35. The molecule has 14 heteroatoms. The molecule has 0 spiro atoms. The molecule has 0 atom stereocenters. The first-order valence-corrected chi connectivity index (χ1v) is 11.8. The van der Waals surface area contributed by atoms with Crippen molar-refractivity contribution >= 4 is 39.3 Å². The first-order chi connectivity index (χ1) is 15.7. The average molecular weight is 537 g/mol. The molecule has 0 aliphatic heterocycles. The average Bonchev–Trinajstić information content (AvgIpc) is 2.64. The minimum atomic E-state index is -4.75. The van der Waals surface area contributed by atoms with E-state index in [0.717, 1.165) is 18.3 Å². The number of alkyl halides is 3. The predicted molar refractivity (Wildman–Crippen MR) is 121 cm³/mol. The molecule has 0 aromatic carbocycles. The van der Waals surface area contributed by atoms with Crippen LogP contribution in [0.15, 0.2) is 35.5 Å². The van der Waals surface area contributed by atoms with Crippen LogP contribution in [0.1, 0.15) is 57.6 Å². The number of rotatable bonds is 4. The van der Waals surface area contributed by atoms with Crippen molar-refractivity contribution in [1.82, 2.24) is 14.3 Å². The molecular formula is C21H24ClF3N4O5S. The van der Waals surface area contributed by atoms with E-state index in [-0.39, 0.29) is 11.3 Å². The summed E-state index contributed by atoms with van der Waals surface area (Å²) in [7, 11) is -4.55. The summed E-state index contributed by atoms with van der Waals surface area (Å²) in [6.45, 7) is 9.19. The van der Waals surface area contributed by atoms with Gasteiger partial charge >= 0.3 is 12.3 Å². The molecule has 2 aromatic heterocycles. The van der Waals surface area contributed by atoms with E-state index in [9.17, 15) is 31.2 Å². The van der Waals surface area contributed by atoms with Crippen LogP contribution in [-0.4, -0.2) is 45.8 Å². The Bertz CT molecular complexity index is 1240. The van der Waals surface area contributed by atoms with Gasteiger partial charge in [-0.15, -0.1) is 0 Å². The van der Waals surface area contributed by atoms with Crippen molar-refractivity contribution in [1.29, 1.82) is 0 Å². The zero-order valence-electron chi connectivity index (χ0n) is 19.7. The number of hydrogen-bond acceptors (Lipinski definition) is 7. The van der Waals surface area contributed by atoms with Crippen LogP contribution in [0.2, 0.25) is 5.15 Å². The van der Waals surface area contributed by atoms with Crippen LogP contribution in [0.4, 0.5) is 23.7 Å². The van der Waals surface area contributed by atoms with Crippen LogP contribution in [0, 0.1) is 0 Å². The summed E-state index contributed by atoms with van der Waals surface area (Å²) in [6, 6.07) is 3.67. The third kappa shape index (κ3) is 7.04. The monoisotopic (exact) mass is 536 g/mol. The molecule has 2 rings (SSSR count). The highest BCUT2D eigenvalue weighted by Crippen LogP contribution is 2.30. The van der Waals surface area contributed by atoms with E-state index in [4.69, 9.17) is 16.3 Å². The molecule has 35 heavy (non-hydrogen) atoms. The van der Waals surface area contributed by atoms with Crippen molar-refractivity contribution in [2.75, 3.05) is 5.32 Å². The Hall–Kier alpha value is -2.93. The Morgan fingerprint density at radius 2 is 1.66 bits per heavy atom. The lowest BCUT2D eigenvalue weighted by atomic mass is 10.1. The number of ether oxygens (including phenoxy) is 1. The fraction of sp³-hybridized carbons (Fsp3) is 0.429. The zero-order chi connectivity index (χ0) is 27.0. The van der Waals surface area contributed by atoms with Crippen molar-refractivity contribution in [3.8, 4) is 0 Å². The molecule has 1 N–H and O–H groups in total. The first kappa shape index (κ1) is 28.3. The topological polar surface area (TPSA) is 119 Å². The van der Waals surface area contributed by atoms with Crippen molar-refractivity contribution < 1.29 is 35.9 Å². The Labute approximate surface area is 205 Å².